The van der Waals surface area contributed by atoms with Crippen molar-refractivity contribution in [3.63, 3.8) is 0 Å². The van der Waals surface area contributed by atoms with E-state index in [1.165, 1.54) is 11.1 Å². The number of benzene rings is 2. The third-order valence-corrected chi connectivity index (χ3v) is 6.08. The highest BCUT2D eigenvalue weighted by atomic mass is 35.5. The van der Waals surface area contributed by atoms with Crippen LogP contribution < -0.4 is 10.1 Å². The van der Waals surface area contributed by atoms with Crippen LogP contribution in [-0.2, 0) is 0 Å². The summed E-state index contributed by atoms with van der Waals surface area (Å²) in [4.78, 5) is 17.1. The van der Waals surface area contributed by atoms with Crippen LogP contribution in [0.5, 0.6) is 5.75 Å². The molecule has 0 bridgehead atoms. The molecule has 1 aliphatic heterocycles. The first-order chi connectivity index (χ1) is 14.5. The number of ether oxygens (including phenoxy) is 1. The molecule has 1 aliphatic rings. The van der Waals surface area contributed by atoms with Crippen molar-refractivity contribution in [3.05, 3.63) is 65.2 Å². The third kappa shape index (κ3) is 6.38. The summed E-state index contributed by atoms with van der Waals surface area (Å²) in [6.07, 6.45) is 0. The molecule has 7 heteroatoms. The average Bonchev–Trinajstić information content (AvgIpc) is 2.77. The minimum Gasteiger partial charge on any atom is -0.497 e. The molecule has 2 aromatic rings. The van der Waals surface area contributed by atoms with Crippen molar-refractivity contribution in [3.8, 4) is 5.75 Å². The van der Waals surface area contributed by atoms with Crippen molar-refractivity contribution in [2.45, 2.75) is 45.8 Å². The lowest BCUT2D eigenvalue weighted by molar-refractivity contribution is 0.0773. The molecule has 3 rings (SSSR count). The van der Waals surface area contributed by atoms with Crippen LogP contribution in [0.1, 0.15) is 55.2 Å². The molecule has 2 aromatic carbocycles. The summed E-state index contributed by atoms with van der Waals surface area (Å²) >= 11 is 0. The van der Waals surface area contributed by atoms with Gasteiger partial charge in [0, 0.05) is 43.8 Å². The molecule has 3 unspecified atom stereocenters. The van der Waals surface area contributed by atoms with Crippen molar-refractivity contribution >= 4 is 30.7 Å². The molecule has 1 heterocycles. The maximum atomic E-state index is 12.7. The first-order valence-electron chi connectivity index (χ1n) is 11.0. The zero-order chi connectivity index (χ0) is 21.7. The van der Waals surface area contributed by atoms with E-state index in [4.69, 9.17) is 4.74 Å². The molecule has 5 nitrogen and oxygen atoms in total. The summed E-state index contributed by atoms with van der Waals surface area (Å²) in [7, 11) is 1.71. The molecule has 0 spiro atoms. The van der Waals surface area contributed by atoms with Gasteiger partial charge in [-0.3, -0.25) is 9.69 Å². The van der Waals surface area contributed by atoms with Gasteiger partial charge < -0.3 is 15.0 Å². The number of halogens is 2. The van der Waals surface area contributed by atoms with Crippen LogP contribution in [0.2, 0.25) is 0 Å². The second-order valence-corrected chi connectivity index (χ2v) is 8.13. The minimum absolute atomic E-state index is 0. The number of piperazine rings is 1. The third-order valence-electron chi connectivity index (χ3n) is 6.08. The average molecular weight is 482 g/mol. The number of methoxy groups -OCH3 is 1. The fourth-order valence-corrected chi connectivity index (χ4v) is 4.30. The van der Waals surface area contributed by atoms with Gasteiger partial charge in [-0.25, -0.2) is 0 Å². The first kappa shape index (κ1) is 28.2. The molecule has 0 saturated carbocycles. The number of rotatable bonds is 7. The standard InChI is InChI=1S/C25H35N3O2.2ClH/c1-6-27(7-2)25(29)21-13-11-20(12-14-21)24(22-9-8-10-23(15-22)30-5)28-17-18(3)26-16-19(28)4;;/h8-15,18-19,24,26H,6-7,16-17H2,1-5H3;2*1H. The Balaban J connectivity index is 0.00000256. The smallest absolute Gasteiger partial charge is 0.253 e. The quantitative estimate of drug-likeness (QED) is 0.616. The Morgan fingerprint density at radius 3 is 2.34 bits per heavy atom. The molecule has 1 saturated heterocycles. The van der Waals surface area contributed by atoms with Crippen LogP contribution in [0, 0.1) is 0 Å². The van der Waals surface area contributed by atoms with Gasteiger partial charge >= 0.3 is 0 Å². The highest BCUT2D eigenvalue weighted by molar-refractivity contribution is 5.94. The Labute approximate surface area is 205 Å². The number of nitrogens with one attached hydrogen (secondary N) is 1. The van der Waals surface area contributed by atoms with E-state index in [1.54, 1.807) is 7.11 Å². The number of carbonyl (C=O) groups excluding carboxylic acids is 1. The number of hydrogen-bond acceptors (Lipinski definition) is 4. The monoisotopic (exact) mass is 481 g/mol. The maximum Gasteiger partial charge on any atom is 0.253 e. The van der Waals surface area contributed by atoms with Gasteiger partial charge in [0.1, 0.15) is 5.75 Å². The van der Waals surface area contributed by atoms with Gasteiger partial charge in [-0.15, -0.1) is 24.8 Å². The summed E-state index contributed by atoms with van der Waals surface area (Å²) in [6.45, 7) is 11.9. The number of carbonyl (C=O) groups is 1. The van der Waals surface area contributed by atoms with E-state index in [0.717, 1.165) is 37.5 Å². The Morgan fingerprint density at radius 2 is 1.75 bits per heavy atom. The molecule has 178 valence electrons. The van der Waals surface area contributed by atoms with Crippen LogP contribution in [0.4, 0.5) is 0 Å². The van der Waals surface area contributed by atoms with Crippen LogP contribution in [0.25, 0.3) is 0 Å². The van der Waals surface area contributed by atoms with Crippen molar-refractivity contribution in [1.82, 2.24) is 15.1 Å². The fourth-order valence-electron chi connectivity index (χ4n) is 4.30. The number of amides is 1. The topological polar surface area (TPSA) is 44.8 Å². The lowest BCUT2D eigenvalue weighted by Crippen LogP contribution is -2.55. The first-order valence-corrected chi connectivity index (χ1v) is 11.0. The predicted molar refractivity (Wildman–Crippen MR) is 137 cm³/mol. The largest absolute Gasteiger partial charge is 0.497 e. The molecule has 1 amide bonds. The van der Waals surface area contributed by atoms with E-state index >= 15 is 0 Å². The summed E-state index contributed by atoms with van der Waals surface area (Å²) in [6, 6.07) is 17.4. The van der Waals surface area contributed by atoms with Gasteiger partial charge in [0.15, 0.2) is 0 Å². The van der Waals surface area contributed by atoms with E-state index in [1.807, 2.05) is 36.9 Å². The summed E-state index contributed by atoms with van der Waals surface area (Å²) in [5.74, 6) is 0.954. The molecular weight excluding hydrogens is 445 g/mol. The van der Waals surface area contributed by atoms with Gasteiger partial charge in [0.25, 0.3) is 5.91 Å². The van der Waals surface area contributed by atoms with Crippen molar-refractivity contribution < 1.29 is 9.53 Å². The van der Waals surface area contributed by atoms with E-state index in [2.05, 4.69) is 54.4 Å². The Bertz CT molecular complexity index is 843. The summed E-state index contributed by atoms with van der Waals surface area (Å²) < 4.78 is 5.50. The van der Waals surface area contributed by atoms with Gasteiger partial charge in [-0.2, -0.15) is 0 Å². The van der Waals surface area contributed by atoms with E-state index < -0.39 is 0 Å². The molecule has 1 N–H and O–H groups in total. The van der Waals surface area contributed by atoms with E-state index in [-0.39, 0.29) is 36.8 Å². The number of nitrogens with zero attached hydrogens (tertiary/aromatic N) is 2. The lowest BCUT2D eigenvalue weighted by Gasteiger charge is -2.43. The maximum absolute atomic E-state index is 12.7. The van der Waals surface area contributed by atoms with E-state index in [0.29, 0.717) is 12.1 Å². The highest BCUT2D eigenvalue weighted by Crippen LogP contribution is 2.33. The van der Waals surface area contributed by atoms with Crippen molar-refractivity contribution in [1.29, 1.82) is 0 Å². The zero-order valence-corrected chi connectivity index (χ0v) is 21.3. The summed E-state index contributed by atoms with van der Waals surface area (Å²) in [5.41, 5.74) is 3.15. The van der Waals surface area contributed by atoms with Gasteiger partial charge in [0.2, 0.25) is 0 Å². The summed E-state index contributed by atoms with van der Waals surface area (Å²) in [5, 5.41) is 3.57. The van der Waals surface area contributed by atoms with Crippen molar-refractivity contribution in [2.24, 2.45) is 0 Å². The Hall–Kier alpha value is -1.79. The highest BCUT2D eigenvalue weighted by Gasteiger charge is 2.31. The predicted octanol–water partition coefficient (Wildman–Crippen LogP) is 4.79. The molecular formula is C25H37Cl2N3O2. The van der Waals surface area contributed by atoms with Gasteiger partial charge in [0.05, 0.1) is 13.2 Å². The second kappa shape index (κ2) is 13.0. The minimum atomic E-state index is 0. The van der Waals surface area contributed by atoms with Gasteiger partial charge in [-0.1, -0.05) is 24.3 Å². The van der Waals surface area contributed by atoms with Gasteiger partial charge in [-0.05, 0) is 63.1 Å². The molecule has 0 aromatic heterocycles. The second-order valence-electron chi connectivity index (χ2n) is 8.13. The normalized spacial score (nSPS) is 19.3. The lowest BCUT2D eigenvalue weighted by atomic mass is 9.93. The van der Waals surface area contributed by atoms with Crippen LogP contribution in [-0.4, -0.2) is 61.1 Å². The van der Waals surface area contributed by atoms with Crippen LogP contribution in [0.15, 0.2) is 48.5 Å². The zero-order valence-electron chi connectivity index (χ0n) is 19.7. The molecule has 3 atom stereocenters. The molecule has 1 fully saturated rings. The fraction of sp³-hybridized carbons (Fsp3) is 0.480. The molecule has 0 aliphatic carbocycles. The Morgan fingerprint density at radius 1 is 1.09 bits per heavy atom. The SMILES string of the molecule is CCN(CC)C(=O)c1ccc(C(c2cccc(OC)c2)N2CC(C)NCC2C)cc1.Cl.Cl. The Kier molecular flexibility index (Phi) is 11.5. The molecule has 32 heavy (non-hydrogen) atoms. The van der Waals surface area contributed by atoms with Crippen molar-refractivity contribution in [2.75, 3.05) is 33.3 Å². The van der Waals surface area contributed by atoms with E-state index in [9.17, 15) is 4.79 Å². The van der Waals surface area contributed by atoms with Crippen LogP contribution >= 0.6 is 24.8 Å². The molecule has 0 radical (unpaired) electrons. The number of hydrogen-bond donors (Lipinski definition) is 1. The van der Waals surface area contributed by atoms with Crippen LogP contribution in [0.3, 0.4) is 0 Å².